The second kappa shape index (κ2) is 5.90. The number of nitriles is 1. The van der Waals surface area contributed by atoms with E-state index < -0.39 is 41.9 Å². The SMILES string of the molecule is N#Cc1ccc(C(O)C(O)CC(=O)O)c(C(F)(F)F)c1. The van der Waals surface area contributed by atoms with Crippen LogP contribution in [0.15, 0.2) is 18.2 Å². The summed E-state index contributed by atoms with van der Waals surface area (Å²) in [5.41, 5.74) is -2.22. The molecule has 0 fully saturated rings. The van der Waals surface area contributed by atoms with Crippen molar-refractivity contribution in [2.45, 2.75) is 24.8 Å². The van der Waals surface area contributed by atoms with Crippen molar-refractivity contribution in [1.82, 2.24) is 0 Å². The van der Waals surface area contributed by atoms with Gasteiger partial charge in [0.2, 0.25) is 0 Å². The first-order valence-electron chi connectivity index (χ1n) is 5.36. The summed E-state index contributed by atoms with van der Waals surface area (Å²) in [6.45, 7) is 0. The van der Waals surface area contributed by atoms with Gasteiger partial charge in [0.25, 0.3) is 0 Å². The average molecular weight is 289 g/mol. The molecule has 0 aliphatic rings. The zero-order valence-corrected chi connectivity index (χ0v) is 9.92. The Balaban J connectivity index is 3.24. The van der Waals surface area contributed by atoms with Gasteiger partial charge in [-0.1, -0.05) is 6.07 Å². The molecule has 20 heavy (non-hydrogen) atoms. The highest BCUT2D eigenvalue weighted by Crippen LogP contribution is 2.36. The predicted molar refractivity (Wildman–Crippen MR) is 59.4 cm³/mol. The molecule has 108 valence electrons. The Hall–Kier alpha value is -2.11. The van der Waals surface area contributed by atoms with Gasteiger partial charge in [0.1, 0.15) is 6.10 Å². The van der Waals surface area contributed by atoms with Crippen LogP contribution in [-0.4, -0.2) is 27.4 Å². The van der Waals surface area contributed by atoms with Gasteiger partial charge in [0, 0.05) is 0 Å². The van der Waals surface area contributed by atoms with Gasteiger partial charge in [-0.05, 0) is 17.7 Å². The standard InChI is InChI=1S/C12H10F3NO4/c13-12(14,15)8-3-6(5-16)1-2-7(8)11(20)9(17)4-10(18)19/h1-3,9,11,17,20H,4H2,(H,18,19). The van der Waals surface area contributed by atoms with E-state index >= 15 is 0 Å². The van der Waals surface area contributed by atoms with E-state index in [1.54, 1.807) is 0 Å². The van der Waals surface area contributed by atoms with Gasteiger partial charge in [-0.2, -0.15) is 18.4 Å². The van der Waals surface area contributed by atoms with Crippen LogP contribution in [0, 0.1) is 11.3 Å². The van der Waals surface area contributed by atoms with Crippen molar-refractivity contribution in [3.05, 3.63) is 34.9 Å². The molecule has 1 aromatic carbocycles. The van der Waals surface area contributed by atoms with Crippen LogP contribution in [0.25, 0.3) is 0 Å². The monoisotopic (exact) mass is 289 g/mol. The molecule has 0 saturated heterocycles. The molecule has 0 saturated carbocycles. The summed E-state index contributed by atoms with van der Waals surface area (Å²) in [5, 5.41) is 36.1. The Morgan fingerprint density at radius 1 is 1.35 bits per heavy atom. The molecule has 8 heteroatoms. The number of nitrogens with zero attached hydrogens (tertiary/aromatic N) is 1. The topological polar surface area (TPSA) is 102 Å². The van der Waals surface area contributed by atoms with E-state index in [2.05, 4.69) is 0 Å². The van der Waals surface area contributed by atoms with Crippen LogP contribution in [0.5, 0.6) is 0 Å². The van der Waals surface area contributed by atoms with Crippen molar-refractivity contribution in [2.75, 3.05) is 0 Å². The lowest BCUT2D eigenvalue weighted by Gasteiger charge is -2.21. The third kappa shape index (κ3) is 3.69. The van der Waals surface area contributed by atoms with Gasteiger partial charge in [-0.25, -0.2) is 0 Å². The van der Waals surface area contributed by atoms with Crippen molar-refractivity contribution in [3.8, 4) is 6.07 Å². The Kier molecular flexibility index (Phi) is 4.70. The van der Waals surface area contributed by atoms with Crippen LogP contribution >= 0.6 is 0 Å². The third-order valence-electron chi connectivity index (χ3n) is 2.55. The van der Waals surface area contributed by atoms with E-state index in [9.17, 15) is 28.2 Å². The Morgan fingerprint density at radius 2 is 1.95 bits per heavy atom. The zero-order valence-electron chi connectivity index (χ0n) is 9.92. The van der Waals surface area contributed by atoms with E-state index in [0.29, 0.717) is 6.07 Å². The van der Waals surface area contributed by atoms with Gasteiger partial charge >= 0.3 is 12.1 Å². The molecule has 2 atom stereocenters. The predicted octanol–water partition coefficient (Wildman–Crippen LogP) is 1.45. The minimum absolute atomic E-state index is 0.263. The first-order valence-corrected chi connectivity index (χ1v) is 5.36. The minimum atomic E-state index is -4.84. The normalized spacial score (nSPS) is 14.4. The van der Waals surface area contributed by atoms with E-state index in [1.807, 2.05) is 0 Å². The second-order valence-corrected chi connectivity index (χ2v) is 4.02. The molecule has 0 spiro atoms. The number of benzene rings is 1. The van der Waals surface area contributed by atoms with Gasteiger partial charge in [-0.15, -0.1) is 0 Å². The third-order valence-corrected chi connectivity index (χ3v) is 2.55. The molecule has 0 aromatic heterocycles. The summed E-state index contributed by atoms with van der Waals surface area (Å²) in [6.07, 6.45) is -9.65. The molecule has 5 nitrogen and oxygen atoms in total. The number of aliphatic hydroxyl groups excluding tert-OH is 2. The number of alkyl halides is 3. The fourth-order valence-corrected chi connectivity index (χ4v) is 1.63. The second-order valence-electron chi connectivity index (χ2n) is 4.02. The summed E-state index contributed by atoms with van der Waals surface area (Å²) in [6, 6.07) is 3.95. The van der Waals surface area contributed by atoms with E-state index in [1.165, 1.54) is 6.07 Å². The van der Waals surface area contributed by atoms with Gasteiger partial charge in [0.05, 0.1) is 29.7 Å². The molecule has 2 unspecified atom stereocenters. The first-order chi connectivity index (χ1) is 9.16. The van der Waals surface area contributed by atoms with Crippen LogP contribution in [-0.2, 0) is 11.0 Å². The summed E-state index contributed by atoms with van der Waals surface area (Å²) < 4.78 is 38.5. The van der Waals surface area contributed by atoms with Crippen molar-refractivity contribution < 1.29 is 33.3 Å². The number of rotatable bonds is 4. The van der Waals surface area contributed by atoms with E-state index in [0.717, 1.165) is 12.1 Å². The molecule has 0 radical (unpaired) electrons. The first kappa shape index (κ1) is 15.9. The van der Waals surface area contributed by atoms with Gasteiger partial charge < -0.3 is 15.3 Å². The Morgan fingerprint density at radius 3 is 2.40 bits per heavy atom. The maximum Gasteiger partial charge on any atom is 0.416 e. The van der Waals surface area contributed by atoms with Crippen LogP contribution in [0.1, 0.15) is 29.2 Å². The van der Waals surface area contributed by atoms with Crippen molar-refractivity contribution in [2.24, 2.45) is 0 Å². The quantitative estimate of drug-likeness (QED) is 0.778. The fourth-order valence-electron chi connectivity index (χ4n) is 1.63. The van der Waals surface area contributed by atoms with E-state index in [4.69, 9.17) is 10.4 Å². The molecule has 0 heterocycles. The lowest BCUT2D eigenvalue weighted by molar-refractivity contribution is -0.142. The number of carbonyl (C=O) groups is 1. The smallest absolute Gasteiger partial charge is 0.416 e. The summed E-state index contributed by atoms with van der Waals surface area (Å²) in [4.78, 5) is 10.4. The largest absolute Gasteiger partial charge is 0.481 e. The molecule has 3 N–H and O–H groups in total. The van der Waals surface area contributed by atoms with Crippen molar-refractivity contribution in [3.63, 3.8) is 0 Å². The number of carboxylic acids is 1. The van der Waals surface area contributed by atoms with Crippen LogP contribution < -0.4 is 0 Å². The Labute approximate surface area is 111 Å². The van der Waals surface area contributed by atoms with E-state index in [-0.39, 0.29) is 5.56 Å². The number of aliphatic hydroxyl groups is 2. The Bertz CT molecular complexity index is 551. The molecule has 1 aromatic rings. The fraction of sp³-hybridized carbons (Fsp3) is 0.333. The molecule has 0 bridgehead atoms. The minimum Gasteiger partial charge on any atom is -0.481 e. The van der Waals surface area contributed by atoms with Crippen molar-refractivity contribution >= 4 is 5.97 Å². The molecule has 0 amide bonds. The summed E-state index contributed by atoms with van der Waals surface area (Å²) in [7, 11) is 0. The highest BCUT2D eigenvalue weighted by molar-refractivity contribution is 5.67. The number of aliphatic carboxylic acids is 1. The molecule has 1 rings (SSSR count). The number of halogens is 3. The molecular formula is C12H10F3NO4. The number of carboxylic acid groups (broad SMARTS) is 1. The number of hydrogen-bond acceptors (Lipinski definition) is 4. The lowest BCUT2D eigenvalue weighted by atomic mass is 9.95. The van der Waals surface area contributed by atoms with Crippen LogP contribution in [0.2, 0.25) is 0 Å². The summed E-state index contributed by atoms with van der Waals surface area (Å²) >= 11 is 0. The average Bonchev–Trinajstić information content (AvgIpc) is 2.35. The molecular weight excluding hydrogens is 279 g/mol. The summed E-state index contributed by atoms with van der Waals surface area (Å²) in [5.74, 6) is -1.46. The van der Waals surface area contributed by atoms with Crippen molar-refractivity contribution in [1.29, 1.82) is 5.26 Å². The van der Waals surface area contributed by atoms with Gasteiger partial charge in [-0.3, -0.25) is 4.79 Å². The zero-order chi connectivity index (χ0) is 15.5. The lowest BCUT2D eigenvalue weighted by Crippen LogP contribution is -2.24. The maximum absolute atomic E-state index is 12.8. The maximum atomic E-state index is 12.8. The van der Waals surface area contributed by atoms with Gasteiger partial charge in [0.15, 0.2) is 0 Å². The highest BCUT2D eigenvalue weighted by Gasteiger charge is 2.37. The highest BCUT2D eigenvalue weighted by atomic mass is 19.4. The number of hydrogen-bond donors (Lipinski definition) is 3. The molecule has 0 aliphatic heterocycles. The molecule has 0 aliphatic carbocycles. The van der Waals surface area contributed by atoms with Crippen LogP contribution in [0.4, 0.5) is 13.2 Å². The van der Waals surface area contributed by atoms with Crippen LogP contribution in [0.3, 0.4) is 0 Å².